The van der Waals surface area contributed by atoms with Gasteiger partial charge in [0.1, 0.15) is 12.3 Å². The standard InChI is InChI=1S/C32H50NO3/c1-4-5-6-7-8-9-10-12-17-29-20-22-31(23-21-29)35-26-15-16-27-36-32(34)24-25-33(2,3)28-30-18-13-11-14-19-30/h11,13-14,18-23H,4-10,12,15-17,24-28H2,1-3H3/q+1. The fourth-order valence-electron chi connectivity index (χ4n) is 4.42. The van der Waals surface area contributed by atoms with E-state index in [2.05, 4.69) is 69.6 Å². The Morgan fingerprint density at radius 3 is 2.06 bits per heavy atom. The number of nitrogens with zero attached hydrogens (tertiary/aromatic N) is 1. The molecule has 4 heteroatoms. The number of carbonyl (C=O) groups is 1. The number of ether oxygens (including phenoxy) is 2. The third-order valence-corrected chi connectivity index (χ3v) is 6.69. The maximum Gasteiger partial charge on any atom is 0.311 e. The lowest BCUT2D eigenvalue weighted by atomic mass is 10.0. The van der Waals surface area contributed by atoms with Crippen molar-refractivity contribution in [2.24, 2.45) is 0 Å². The Bertz CT molecular complexity index is 817. The van der Waals surface area contributed by atoms with Gasteiger partial charge in [0.25, 0.3) is 0 Å². The van der Waals surface area contributed by atoms with E-state index in [0.29, 0.717) is 19.6 Å². The third kappa shape index (κ3) is 14.3. The minimum atomic E-state index is -0.109. The smallest absolute Gasteiger partial charge is 0.311 e. The summed E-state index contributed by atoms with van der Waals surface area (Å²) in [5, 5.41) is 0. The maximum absolute atomic E-state index is 12.1. The fraction of sp³-hybridized carbons (Fsp3) is 0.594. The lowest BCUT2D eigenvalue weighted by Gasteiger charge is -2.29. The molecule has 0 radical (unpaired) electrons. The average molecular weight is 497 g/mol. The Hall–Kier alpha value is -2.33. The molecule has 36 heavy (non-hydrogen) atoms. The summed E-state index contributed by atoms with van der Waals surface area (Å²) in [7, 11) is 4.31. The van der Waals surface area contributed by atoms with Crippen LogP contribution >= 0.6 is 0 Å². The van der Waals surface area contributed by atoms with Crippen LogP contribution in [0.15, 0.2) is 54.6 Å². The zero-order chi connectivity index (χ0) is 25.9. The van der Waals surface area contributed by atoms with Crippen molar-refractivity contribution in [3.8, 4) is 5.75 Å². The second-order valence-corrected chi connectivity index (χ2v) is 10.7. The highest BCUT2D eigenvalue weighted by Crippen LogP contribution is 2.16. The molecule has 4 nitrogen and oxygen atoms in total. The van der Waals surface area contributed by atoms with Crippen LogP contribution in [0.25, 0.3) is 0 Å². The molecule has 0 aliphatic heterocycles. The monoisotopic (exact) mass is 496 g/mol. The molecule has 0 amide bonds. The molecule has 0 bridgehead atoms. The summed E-state index contributed by atoms with van der Waals surface area (Å²) in [6.07, 6.45) is 14.2. The summed E-state index contributed by atoms with van der Waals surface area (Å²) in [6, 6.07) is 18.9. The van der Waals surface area contributed by atoms with Crippen LogP contribution in [0.2, 0.25) is 0 Å². The molecule has 0 unspecified atom stereocenters. The number of benzene rings is 2. The number of esters is 1. The van der Waals surface area contributed by atoms with Gasteiger partial charge in [0.15, 0.2) is 0 Å². The quantitative estimate of drug-likeness (QED) is 0.107. The van der Waals surface area contributed by atoms with Crippen LogP contribution in [-0.2, 0) is 22.5 Å². The van der Waals surface area contributed by atoms with Crippen LogP contribution in [0, 0.1) is 0 Å². The van der Waals surface area contributed by atoms with Gasteiger partial charge in [-0.15, -0.1) is 0 Å². The van der Waals surface area contributed by atoms with Gasteiger partial charge in [-0.1, -0.05) is 94.3 Å². The van der Waals surface area contributed by atoms with Crippen molar-refractivity contribution >= 4 is 5.97 Å². The molecule has 0 atom stereocenters. The molecule has 0 saturated heterocycles. The Morgan fingerprint density at radius 2 is 1.36 bits per heavy atom. The highest BCUT2D eigenvalue weighted by Gasteiger charge is 2.18. The van der Waals surface area contributed by atoms with Gasteiger partial charge in [-0.25, -0.2) is 0 Å². The lowest BCUT2D eigenvalue weighted by Crippen LogP contribution is -2.40. The largest absolute Gasteiger partial charge is 0.494 e. The van der Waals surface area contributed by atoms with E-state index >= 15 is 0 Å². The van der Waals surface area contributed by atoms with Crippen molar-refractivity contribution in [2.45, 2.75) is 90.5 Å². The van der Waals surface area contributed by atoms with Gasteiger partial charge < -0.3 is 14.0 Å². The summed E-state index contributed by atoms with van der Waals surface area (Å²) < 4.78 is 12.1. The molecule has 0 N–H and O–H groups in total. The molecule has 0 aliphatic carbocycles. The molecule has 0 spiro atoms. The molecule has 0 fully saturated rings. The Morgan fingerprint density at radius 1 is 0.722 bits per heavy atom. The van der Waals surface area contributed by atoms with Crippen LogP contribution in [0.3, 0.4) is 0 Å². The number of quaternary nitrogens is 1. The number of unbranched alkanes of at least 4 members (excludes halogenated alkanes) is 8. The highest BCUT2D eigenvalue weighted by molar-refractivity contribution is 5.69. The highest BCUT2D eigenvalue weighted by atomic mass is 16.5. The minimum Gasteiger partial charge on any atom is -0.494 e. The van der Waals surface area contributed by atoms with Crippen molar-refractivity contribution in [1.82, 2.24) is 0 Å². The molecule has 0 heterocycles. The van der Waals surface area contributed by atoms with Crippen molar-refractivity contribution in [3.63, 3.8) is 0 Å². The van der Waals surface area contributed by atoms with E-state index in [9.17, 15) is 4.79 Å². The fourth-order valence-corrected chi connectivity index (χ4v) is 4.42. The van der Waals surface area contributed by atoms with E-state index < -0.39 is 0 Å². The number of hydrogen-bond donors (Lipinski definition) is 0. The first-order valence-electron chi connectivity index (χ1n) is 14.2. The van der Waals surface area contributed by atoms with Crippen molar-refractivity contribution in [1.29, 1.82) is 0 Å². The molecule has 2 aromatic rings. The number of hydrogen-bond acceptors (Lipinski definition) is 3. The van der Waals surface area contributed by atoms with E-state index in [1.807, 2.05) is 6.07 Å². The van der Waals surface area contributed by atoms with Gasteiger partial charge >= 0.3 is 5.97 Å². The van der Waals surface area contributed by atoms with Crippen LogP contribution in [-0.4, -0.2) is 44.3 Å². The van der Waals surface area contributed by atoms with E-state index in [-0.39, 0.29) is 5.97 Å². The summed E-state index contributed by atoms with van der Waals surface area (Å²) in [5.41, 5.74) is 2.68. The SMILES string of the molecule is CCCCCCCCCCc1ccc(OCCCCOC(=O)CC[N+](C)(C)Cc2ccccc2)cc1. The Kier molecular flexibility index (Phi) is 14.9. The zero-order valence-electron chi connectivity index (χ0n) is 23.2. The Balaban J connectivity index is 1.47. The first kappa shape index (κ1) is 29.9. The zero-order valence-corrected chi connectivity index (χ0v) is 23.2. The van der Waals surface area contributed by atoms with Crippen LogP contribution in [0.1, 0.15) is 88.7 Å². The van der Waals surface area contributed by atoms with Crippen molar-refractivity contribution < 1.29 is 18.8 Å². The molecule has 0 aliphatic rings. The third-order valence-electron chi connectivity index (χ3n) is 6.69. The number of rotatable bonds is 20. The van der Waals surface area contributed by atoms with E-state index in [0.717, 1.165) is 42.6 Å². The van der Waals surface area contributed by atoms with Gasteiger partial charge in [-0.3, -0.25) is 4.79 Å². The predicted octanol–water partition coefficient (Wildman–Crippen LogP) is 7.74. The summed E-state index contributed by atoms with van der Waals surface area (Å²) in [5.74, 6) is 0.812. The predicted molar refractivity (Wildman–Crippen MR) is 150 cm³/mol. The number of carbonyl (C=O) groups excluding carboxylic acids is 1. The van der Waals surface area contributed by atoms with Gasteiger partial charge in [-0.2, -0.15) is 0 Å². The van der Waals surface area contributed by atoms with Gasteiger partial charge in [0, 0.05) is 5.56 Å². The van der Waals surface area contributed by atoms with Gasteiger partial charge in [-0.05, 0) is 43.4 Å². The second-order valence-electron chi connectivity index (χ2n) is 10.7. The molecule has 2 aromatic carbocycles. The Labute approximate surface area is 220 Å². The average Bonchev–Trinajstić information content (AvgIpc) is 2.87. The molecular weight excluding hydrogens is 446 g/mol. The molecule has 0 saturated carbocycles. The van der Waals surface area contributed by atoms with Gasteiger partial charge in [0.2, 0.25) is 0 Å². The maximum atomic E-state index is 12.1. The lowest BCUT2D eigenvalue weighted by molar-refractivity contribution is -0.903. The van der Waals surface area contributed by atoms with Crippen LogP contribution in [0.5, 0.6) is 5.75 Å². The first-order chi connectivity index (χ1) is 17.5. The van der Waals surface area contributed by atoms with E-state index in [1.54, 1.807) is 0 Å². The molecule has 0 aromatic heterocycles. The topological polar surface area (TPSA) is 35.5 Å². The van der Waals surface area contributed by atoms with Crippen molar-refractivity contribution in [2.75, 3.05) is 33.9 Å². The molecule has 200 valence electrons. The minimum absolute atomic E-state index is 0.109. The van der Waals surface area contributed by atoms with Crippen LogP contribution < -0.4 is 4.74 Å². The number of aryl methyl sites for hydroxylation is 1. The second kappa shape index (κ2) is 18.0. The molecule has 2 rings (SSSR count). The van der Waals surface area contributed by atoms with Crippen molar-refractivity contribution in [3.05, 3.63) is 65.7 Å². The van der Waals surface area contributed by atoms with Gasteiger partial charge in [0.05, 0.1) is 40.3 Å². The van der Waals surface area contributed by atoms with E-state index in [1.165, 1.54) is 62.5 Å². The van der Waals surface area contributed by atoms with Crippen LogP contribution in [0.4, 0.5) is 0 Å². The first-order valence-corrected chi connectivity index (χ1v) is 14.2. The normalized spacial score (nSPS) is 11.4. The summed E-state index contributed by atoms with van der Waals surface area (Å²) in [4.78, 5) is 12.1. The van der Waals surface area contributed by atoms with E-state index in [4.69, 9.17) is 9.47 Å². The molecular formula is C32H50NO3+. The summed E-state index contributed by atoms with van der Waals surface area (Å²) >= 11 is 0. The summed E-state index contributed by atoms with van der Waals surface area (Å²) in [6.45, 7) is 5.06.